The zero-order chi connectivity index (χ0) is 14.3. The quantitative estimate of drug-likeness (QED) is 0.860. The van der Waals surface area contributed by atoms with Gasteiger partial charge >= 0.3 is 0 Å². The summed E-state index contributed by atoms with van der Waals surface area (Å²) in [6.45, 7) is 0. The van der Waals surface area contributed by atoms with E-state index >= 15 is 0 Å². The van der Waals surface area contributed by atoms with Crippen LogP contribution in [-0.4, -0.2) is 46.3 Å². The summed E-state index contributed by atoms with van der Waals surface area (Å²) < 4.78 is 4.99. The molecular weight excluding hydrogens is 258 g/mol. The number of hydrogen-bond donors (Lipinski definition) is 2. The van der Waals surface area contributed by atoms with Crippen molar-refractivity contribution in [1.82, 2.24) is 4.90 Å². The number of aliphatic hydroxyl groups is 1. The fourth-order valence-electron chi connectivity index (χ4n) is 3.45. The summed E-state index contributed by atoms with van der Waals surface area (Å²) in [5, 5.41) is 19.6. The number of benzene rings is 1. The Balaban J connectivity index is 1.84. The van der Waals surface area contributed by atoms with Gasteiger partial charge in [0.2, 0.25) is 0 Å². The summed E-state index contributed by atoms with van der Waals surface area (Å²) in [6, 6.07) is 4.97. The molecule has 2 heterocycles. The number of aliphatic hydroxyl groups excluding tert-OH is 1. The number of aromatic hydroxyl groups is 1. The van der Waals surface area contributed by atoms with E-state index in [-0.39, 0.29) is 29.8 Å². The Morgan fingerprint density at radius 1 is 1.30 bits per heavy atom. The number of carbonyl (C=O) groups is 1. The van der Waals surface area contributed by atoms with Gasteiger partial charge in [0.15, 0.2) is 11.5 Å². The molecule has 2 aliphatic heterocycles. The molecule has 5 nitrogen and oxygen atoms in total. The van der Waals surface area contributed by atoms with Crippen molar-refractivity contribution in [2.75, 3.05) is 7.11 Å². The van der Waals surface area contributed by atoms with Gasteiger partial charge in [0, 0.05) is 17.6 Å². The van der Waals surface area contributed by atoms with Gasteiger partial charge in [-0.15, -0.1) is 0 Å². The molecule has 2 aliphatic rings. The van der Waals surface area contributed by atoms with Gasteiger partial charge in [-0.3, -0.25) is 4.79 Å². The first-order valence-electron chi connectivity index (χ1n) is 6.98. The molecule has 2 unspecified atom stereocenters. The minimum atomic E-state index is -0.291. The van der Waals surface area contributed by atoms with Crippen LogP contribution in [-0.2, 0) is 0 Å². The van der Waals surface area contributed by atoms with E-state index in [1.165, 1.54) is 13.2 Å². The number of fused-ring (bicyclic) bond motifs is 2. The predicted molar refractivity (Wildman–Crippen MR) is 72.9 cm³/mol. The molecule has 2 atom stereocenters. The van der Waals surface area contributed by atoms with Crippen molar-refractivity contribution in [3.8, 4) is 11.5 Å². The second-order valence-corrected chi connectivity index (χ2v) is 5.61. The number of hydrogen-bond acceptors (Lipinski definition) is 4. The molecule has 2 N–H and O–H groups in total. The van der Waals surface area contributed by atoms with Gasteiger partial charge in [-0.25, -0.2) is 0 Å². The summed E-state index contributed by atoms with van der Waals surface area (Å²) in [7, 11) is 1.48. The van der Waals surface area contributed by atoms with Crippen LogP contribution in [0.4, 0.5) is 0 Å². The second kappa shape index (κ2) is 4.98. The van der Waals surface area contributed by atoms with Crippen LogP contribution in [0.2, 0.25) is 0 Å². The van der Waals surface area contributed by atoms with Gasteiger partial charge in [-0.05, 0) is 43.9 Å². The Bertz CT molecular complexity index is 517. The maximum absolute atomic E-state index is 12.6. The number of nitrogens with zero attached hydrogens (tertiary/aromatic N) is 1. The van der Waals surface area contributed by atoms with Crippen LogP contribution in [0, 0.1) is 0 Å². The van der Waals surface area contributed by atoms with Crippen molar-refractivity contribution in [3.05, 3.63) is 23.8 Å². The van der Waals surface area contributed by atoms with E-state index in [0.29, 0.717) is 24.2 Å². The summed E-state index contributed by atoms with van der Waals surface area (Å²) in [4.78, 5) is 14.5. The normalized spacial score (nSPS) is 28.5. The summed E-state index contributed by atoms with van der Waals surface area (Å²) >= 11 is 0. The maximum atomic E-state index is 12.6. The van der Waals surface area contributed by atoms with Crippen molar-refractivity contribution in [2.45, 2.75) is 43.9 Å². The lowest BCUT2D eigenvalue weighted by Crippen LogP contribution is -2.47. The van der Waals surface area contributed by atoms with Crippen LogP contribution in [0.5, 0.6) is 11.5 Å². The highest BCUT2D eigenvalue weighted by Gasteiger charge is 2.42. The number of ether oxygens (including phenoxy) is 1. The standard InChI is InChI=1S/C15H19NO4/c1-20-14-5-2-9(6-13(14)18)15(19)16-10-3-4-11(16)8-12(17)7-10/h2,5-6,10-12,17-18H,3-4,7-8H2,1H3. The van der Waals surface area contributed by atoms with E-state index < -0.39 is 0 Å². The molecule has 1 aromatic carbocycles. The Kier molecular flexibility index (Phi) is 3.30. The van der Waals surface area contributed by atoms with Crippen LogP contribution < -0.4 is 4.74 Å². The van der Waals surface area contributed by atoms with Gasteiger partial charge < -0.3 is 19.8 Å². The lowest BCUT2D eigenvalue weighted by Gasteiger charge is -2.37. The topological polar surface area (TPSA) is 70.0 Å². The molecule has 1 aromatic rings. The van der Waals surface area contributed by atoms with Gasteiger partial charge in [0.05, 0.1) is 13.2 Å². The molecule has 0 spiro atoms. The first-order valence-corrected chi connectivity index (χ1v) is 6.98. The zero-order valence-electron chi connectivity index (χ0n) is 11.5. The van der Waals surface area contributed by atoms with Gasteiger partial charge in [0.25, 0.3) is 5.91 Å². The Morgan fingerprint density at radius 2 is 1.95 bits per heavy atom. The molecule has 0 saturated carbocycles. The summed E-state index contributed by atoms with van der Waals surface area (Å²) in [6.07, 6.45) is 2.93. The van der Waals surface area contributed by atoms with Crippen molar-refractivity contribution >= 4 is 5.91 Å². The van der Waals surface area contributed by atoms with Crippen LogP contribution in [0.1, 0.15) is 36.0 Å². The lowest BCUT2D eigenvalue weighted by atomic mass is 9.98. The average Bonchev–Trinajstić information content (AvgIpc) is 2.70. The number of piperidine rings is 1. The molecule has 2 bridgehead atoms. The molecule has 20 heavy (non-hydrogen) atoms. The van der Waals surface area contributed by atoms with Crippen LogP contribution in [0.25, 0.3) is 0 Å². The molecule has 3 rings (SSSR count). The molecule has 0 radical (unpaired) electrons. The number of methoxy groups -OCH3 is 1. The highest BCUT2D eigenvalue weighted by Crippen LogP contribution is 2.37. The van der Waals surface area contributed by atoms with Crippen molar-refractivity contribution in [3.63, 3.8) is 0 Å². The van der Waals surface area contributed by atoms with E-state index in [4.69, 9.17) is 4.74 Å². The molecular formula is C15H19NO4. The smallest absolute Gasteiger partial charge is 0.254 e. The maximum Gasteiger partial charge on any atom is 0.254 e. The Labute approximate surface area is 117 Å². The monoisotopic (exact) mass is 277 g/mol. The molecule has 5 heteroatoms. The Morgan fingerprint density at radius 3 is 2.50 bits per heavy atom. The van der Waals surface area contributed by atoms with Gasteiger partial charge in [-0.1, -0.05) is 0 Å². The van der Waals surface area contributed by atoms with Crippen molar-refractivity contribution in [1.29, 1.82) is 0 Å². The minimum Gasteiger partial charge on any atom is -0.504 e. The first-order chi connectivity index (χ1) is 9.60. The van der Waals surface area contributed by atoms with E-state index in [1.807, 2.05) is 4.90 Å². The summed E-state index contributed by atoms with van der Waals surface area (Å²) in [5.74, 6) is 0.267. The third kappa shape index (κ3) is 2.12. The van der Waals surface area contributed by atoms with Gasteiger partial charge in [0.1, 0.15) is 0 Å². The molecule has 2 saturated heterocycles. The average molecular weight is 277 g/mol. The Hall–Kier alpha value is -1.75. The molecule has 0 aromatic heterocycles. The van der Waals surface area contributed by atoms with Crippen molar-refractivity contribution in [2.24, 2.45) is 0 Å². The van der Waals surface area contributed by atoms with E-state index in [0.717, 1.165) is 12.8 Å². The van der Waals surface area contributed by atoms with E-state index in [9.17, 15) is 15.0 Å². The van der Waals surface area contributed by atoms with E-state index in [2.05, 4.69) is 0 Å². The number of carbonyl (C=O) groups excluding carboxylic acids is 1. The minimum absolute atomic E-state index is 0.0252. The number of amides is 1. The third-order valence-electron chi connectivity index (χ3n) is 4.37. The first kappa shape index (κ1) is 13.2. The van der Waals surface area contributed by atoms with Crippen LogP contribution >= 0.6 is 0 Å². The lowest BCUT2D eigenvalue weighted by molar-refractivity contribution is 0.0286. The highest BCUT2D eigenvalue weighted by molar-refractivity contribution is 5.95. The van der Waals surface area contributed by atoms with Crippen LogP contribution in [0.3, 0.4) is 0 Å². The molecule has 0 aliphatic carbocycles. The fourth-order valence-corrected chi connectivity index (χ4v) is 3.45. The molecule has 1 amide bonds. The second-order valence-electron chi connectivity index (χ2n) is 5.61. The molecule has 2 fully saturated rings. The largest absolute Gasteiger partial charge is 0.504 e. The number of phenolic OH excluding ortho intramolecular Hbond substituents is 1. The fraction of sp³-hybridized carbons (Fsp3) is 0.533. The SMILES string of the molecule is COc1ccc(C(=O)N2C3CCC2CC(O)C3)cc1O. The summed E-state index contributed by atoms with van der Waals surface area (Å²) in [5.41, 5.74) is 0.469. The predicted octanol–water partition coefficient (Wildman–Crippen LogP) is 1.53. The van der Waals surface area contributed by atoms with E-state index in [1.54, 1.807) is 12.1 Å². The molecule has 108 valence electrons. The van der Waals surface area contributed by atoms with Gasteiger partial charge in [-0.2, -0.15) is 0 Å². The highest BCUT2D eigenvalue weighted by atomic mass is 16.5. The van der Waals surface area contributed by atoms with Crippen molar-refractivity contribution < 1.29 is 19.7 Å². The van der Waals surface area contributed by atoms with Crippen LogP contribution in [0.15, 0.2) is 18.2 Å². The number of phenols is 1. The zero-order valence-corrected chi connectivity index (χ0v) is 11.5. The number of rotatable bonds is 2. The third-order valence-corrected chi connectivity index (χ3v) is 4.37.